The molecule has 0 radical (unpaired) electrons. The van der Waals surface area contributed by atoms with Crippen molar-refractivity contribution < 1.29 is 9.32 Å². The minimum absolute atomic E-state index is 0.0383. The first-order chi connectivity index (χ1) is 13.4. The molecular weight excluding hydrogens is 376 g/mol. The van der Waals surface area contributed by atoms with Gasteiger partial charge in [-0.3, -0.25) is 4.79 Å². The van der Waals surface area contributed by atoms with Crippen molar-refractivity contribution in [1.29, 1.82) is 0 Å². The Morgan fingerprint density at radius 1 is 1.21 bits per heavy atom. The van der Waals surface area contributed by atoms with Gasteiger partial charge in [-0.2, -0.15) is 4.98 Å². The molecule has 1 amide bonds. The Bertz CT molecular complexity index is 1030. The summed E-state index contributed by atoms with van der Waals surface area (Å²) in [6.45, 7) is 2.48. The molecule has 0 spiro atoms. The molecule has 144 valence electrons. The van der Waals surface area contributed by atoms with E-state index in [0.717, 1.165) is 22.5 Å². The summed E-state index contributed by atoms with van der Waals surface area (Å²) in [6.07, 6.45) is 0.350. The predicted octanol–water partition coefficient (Wildman–Crippen LogP) is 4.28. The van der Waals surface area contributed by atoms with Crippen molar-refractivity contribution in [2.24, 2.45) is 0 Å². The van der Waals surface area contributed by atoms with Gasteiger partial charge in [0.25, 0.3) is 5.89 Å². The van der Waals surface area contributed by atoms with Crippen LogP contribution in [0.3, 0.4) is 0 Å². The van der Waals surface area contributed by atoms with Gasteiger partial charge >= 0.3 is 0 Å². The predicted molar refractivity (Wildman–Crippen MR) is 110 cm³/mol. The average molecular weight is 397 g/mol. The van der Waals surface area contributed by atoms with Crippen LogP contribution >= 0.6 is 11.6 Å². The Morgan fingerprint density at radius 3 is 2.82 bits per heavy atom. The zero-order valence-corrected chi connectivity index (χ0v) is 16.8. The highest BCUT2D eigenvalue weighted by atomic mass is 35.5. The minimum atomic E-state index is -0.111. The molecule has 6 nitrogen and oxygen atoms in total. The number of rotatable bonds is 4. The van der Waals surface area contributed by atoms with E-state index in [1.165, 1.54) is 0 Å². The van der Waals surface area contributed by atoms with Crippen LogP contribution in [0.5, 0.6) is 0 Å². The van der Waals surface area contributed by atoms with Crippen molar-refractivity contribution in [1.82, 2.24) is 10.1 Å². The standard InChI is InChI=1S/C21H21ClN4O2/c1-13-7-8-16(22)11-18(13)26-12-15(10-19(26)27)20-23-21(28-24-20)14-5-4-6-17(9-14)25(2)3/h4-9,11,15H,10,12H2,1-3H3. The smallest absolute Gasteiger partial charge is 0.258 e. The van der Waals surface area contributed by atoms with E-state index in [2.05, 4.69) is 10.1 Å². The number of benzene rings is 2. The molecule has 1 fully saturated rings. The molecule has 1 atom stereocenters. The van der Waals surface area contributed by atoms with Crippen molar-refractivity contribution in [3.05, 3.63) is 58.9 Å². The molecule has 1 aliphatic rings. The maximum atomic E-state index is 12.6. The van der Waals surface area contributed by atoms with E-state index in [9.17, 15) is 4.79 Å². The summed E-state index contributed by atoms with van der Waals surface area (Å²) in [4.78, 5) is 20.9. The lowest BCUT2D eigenvalue weighted by Gasteiger charge is -2.19. The Kier molecular flexibility index (Phi) is 4.81. The average Bonchev–Trinajstić information content (AvgIpc) is 3.31. The highest BCUT2D eigenvalue weighted by Gasteiger charge is 2.35. The second kappa shape index (κ2) is 7.28. The molecule has 2 heterocycles. The molecule has 0 bridgehead atoms. The third-order valence-corrected chi connectivity index (χ3v) is 5.24. The van der Waals surface area contributed by atoms with Gasteiger partial charge in [0.1, 0.15) is 0 Å². The fourth-order valence-electron chi connectivity index (χ4n) is 3.42. The van der Waals surface area contributed by atoms with Gasteiger partial charge in [-0.25, -0.2) is 0 Å². The number of anilines is 2. The maximum Gasteiger partial charge on any atom is 0.258 e. The fraction of sp³-hybridized carbons (Fsp3) is 0.286. The summed E-state index contributed by atoms with van der Waals surface area (Å²) in [7, 11) is 3.96. The third-order valence-electron chi connectivity index (χ3n) is 5.00. The van der Waals surface area contributed by atoms with E-state index in [-0.39, 0.29) is 11.8 Å². The number of halogens is 1. The first-order valence-electron chi connectivity index (χ1n) is 9.10. The summed E-state index contributed by atoms with van der Waals surface area (Å²) >= 11 is 6.12. The van der Waals surface area contributed by atoms with Crippen LogP contribution in [0, 0.1) is 6.92 Å². The van der Waals surface area contributed by atoms with Gasteiger partial charge in [-0.05, 0) is 42.8 Å². The number of hydrogen-bond donors (Lipinski definition) is 0. The molecule has 3 aromatic rings. The largest absolute Gasteiger partial charge is 0.378 e. The van der Waals surface area contributed by atoms with E-state index < -0.39 is 0 Å². The van der Waals surface area contributed by atoms with Crippen molar-refractivity contribution >= 4 is 28.9 Å². The van der Waals surface area contributed by atoms with Crippen LogP contribution in [0.4, 0.5) is 11.4 Å². The summed E-state index contributed by atoms with van der Waals surface area (Å²) < 4.78 is 5.49. The van der Waals surface area contributed by atoms with Gasteiger partial charge < -0.3 is 14.3 Å². The Balaban J connectivity index is 1.57. The Hall–Kier alpha value is -2.86. The Morgan fingerprint density at radius 2 is 2.04 bits per heavy atom. The van der Waals surface area contributed by atoms with Crippen LogP contribution in [0.1, 0.15) is 23.7 Å². The highest BCUT2D eigenvalue weighted by Crippen LogP contribution is 2.34. The van der Waals surface area contributed by atoms with E-state index in [1.807, 2.05) is 68.4 Å². The number of hydrogen-bond acceptors (Lipinski definition) is 5. The highest BCUT2D eigenvalue weighted by molar-refractivity contribution is 6.31. The van der Waals surface area contributed by atoms with Crippen LogP contribution in [-0.2, 0) is 4.79 Å². The molecule has 28 heavy (non-hydrogen) atoms. The van der Waals surface area contributed by atoms with Gasteiger partial charge in [-0.1, -0.05) is 28.9 Å². The van der Waals surface area contributed by atoms with E-state index >= 15 is 0 Å². The van der Waals surface area contributed by atoms with Gasteiger partial charge in [0.2, 0.25) is 5.91 Å². The number of carbonyl (C=O) groups excluding carboxylic acids is 1. The molecule has 0 saturated carbocycles. The second-order valence-electron chi connectivity index (χ2n) is 7.24. The zero-order chi connectivity index (χ0) is 19.8. The SMILES string of the molecule is Cc1ccc(Cl)cc1N1CC(c2noc(-c3cccc(N(C)C)c3)n2)CC1=O. The van der Waals surface area contributed by atoms with Crippen molar-refractivity contribution in [2.75, 3.05) is 30.4 Å². The lowest BCUT2D eigenvalue weighted by atomic mass is 10.1. The molecule has 2 aromatic carbocycles. The molecule has 0 N–H and O–H groups in total. The third kappa shape index (κ3) is 3.47. The van der Waals surface area contributed by atoms with Crippen molar-refractivity contribution in [3.63, 3.8) is 0 Å². The normalized spacial score (nSPS) is 16.6. The van der Waals surface area contributed by atoms with Gasteiger partial charge in [0.15, 0.2) is 5.82 Å². The van der Waals surface area contributed by atoms with Crippen LogP contribution in [0.15, 0.2) is 47.0 Å². The lowest BCUT2D eigenvalue weighted by molar-refractivity contribution is -0.117. The number of amides is 1. The van der Waals surface area contributed by atoms with Crippen LogP contribution < -0.4 is 9.80 Å². The molecule has 4 rings (SSSR count). The molecule has 0 aliphatic carbocycles. The first-order valence-corrected chi connectivity index (χ1v) is 9.48. The van der Waals surface area contributed by atoms with Crippen molar-refractivity contribution in [2.45, 2.75) is 19.3 Å². The number of carbonyl (C=O) groups is 1. The second-order valence-corrected chi connectivity index (χ2v) is 7.68. The minimum Gasteiger partial charge on any atom is -0.378 e. The molecule has 1 aromatic heterocycles. The first kappa shape index (κ1) is 18.5. The van der Waals surface area contributed by atoms with Gasteiger partial charge in [0.05, 0.1) is 0 Å². The van der Waals surface area contributed by atoms with Crippen molar-refractivity contribution in [3.8, 4) is 11.5 Å². The monoisotopic (exact) mass is 396 g/mol. The Labute approximate surface area is 168 Å². The van der Waals surface area contributed by atoms with Gasteiger partial charge in [0, 0.05) is 54.9 Å². The van der Waals surface area contributed by atoms with E-state index in [0.29, 0.717) is 29.7 Å². The summed E-state index contributed by atoms with van der Waals surface area (Å²) in [5, 5.41) is 4.76. The number of nitrogens with zero attached hydrogens (tertiary/aromatic N) is 4. The van der Waals surface area contributed by atoms with E-state index in [1.54, 1.807) is 4.90 Å². The summed E-state index contributed by atoms with van der Waals surface area (Å²) in [5.41, 5.74) is 3.75. The number of aryl methyl sites for hydroxylation is 1. The molecule has 7 heteroatoms. The quantitative estimate of drug-likeness (QED) is 0.658. The lowest BCUT2D eigenvalue weighted by Crippen LogP contribution is -2.25. The topological polar surface area (TPSA) is 62.5 Å². The maximum absolute atomic E-state index is 12.6. The fourth-order valence-corrected chi connectivity index (χ4v) is 3.59. The molecule has 1 saturated heterocycles. The molecule has 1 aliphatic heterocycles. The van der Waals surface area contributed by atoms with Crippen LogP contribution in [0.25, 0.3) is 11.5 Å². The molecular formula is C21H21ClN4O2. The zero-order valence-electron chi connectivity index (χ0n) is 16.0. The summed E-state index contributed by atoms with van der Waals surface area (Å²) in [5.74, 6) is 0.945. The van der Waals surface area contributed by atoms with E-state index in [4.69, 9.17) is 16.1 Å². The number of aromatic nitrogens is 2. The summed E-state index contributed by atoms with van der Waals surface area (Å²) in [6, 6.07) is 13.5. The molecule has 1 unspecified atom stereocenters. The van der Waals surface area contributed by atoms with Crippen LogP contribution in [0.2, 0.25) is 5.02 Å². The van der Waals surface area contributed by atoms with Crippen LogP contribution in [-0.4, -0.2) is 36.7 Å². The van der Waals surface area contributed by atoms with Gasteiger partial charge in [-0.15, -0.1) is 0 Å².